The van der Waals surface area contributed by atoms with E-state index in [1.807, 2.05) is 20.9 Å². The van der Waals surface area contributed by atoms with Crippen LogP contribution in [0.1, 0.15) is 40.0 Å². The first-order valence-electron chi connectivity index (χ1n) is 5.00. The Morgan fingerprint density at radius 3 is 2.38 bits per heavy atom. The minimum Gasteiger partial charge on any atom is -0.343 e. The average Bonchev–Trinajstić information content (AvgIpc) is 2.03. The van der Waals surface area contributed by atoms with Gasteiger partial charge in [-0.05, 0) is 20.3 Å². The van der Waals surface area contributed by atoms with Gasteiger partial charge in [-0.3, -0.25) is 4.79 Å². The van der Waals surface area contributed by atoms with Crippen molar-refractivity contribution in [2.75, 3.05) is 7.05 Å². The maximum atomic E-state index is 11.5. The molecule has 1 atom stereocenters. The predicted molar refractivity (Wildman–Crippen MR) is 55.4 cm³/mol. The molecule has 0 saturated heterocycles. The predicted octanol–water partition coefficient (Wildman–Crippen LogP) is 1.37. The molecule has 3 heteroatoms. The van der Waals surface area contributed by atoms with Crippen molar-refractivity contribution in [2.24, 2.45) is 5.73 Å². The van der Waals surface area contributed by atoms with Gasteiger partial charge in [0.1, 0.15) is 0 Å². The molecule has 0 aliphatic carbocycles. The first-order valence-corrected chi connectivity index (χ1v) is 5.00. The molecule has 0 radical (unpaired) electrons. The van der Waals surface area contributed by atoms with Crippen LogP contribution in [0.4, 0.5) is 0 Å². The summed E-state index contributed by atoms with van der Waals surface area (Å²) in [6.45, 7) is 6.09. The highest BCUT2D eigenvalue weighted by Gasteiger charge is 2.14. The van der Waals surface area contributed by atoms with E-state index in [2.05, 4.69) is 6.92 Å². The summed E-state index contributed by atoms with van der Waals surface area (Å²) in [5.74, 6) is 0.149. The van der Waals surface area contributed by atoms with Crippen LogP contribution in [0.15, 0.2) is 0 Å². The third-order valence-corrected chi connectivity index (χ3v) is 2.26. The molecule has 0 aliphatic heterocycles. The molecular weight excluding hydrogens is 164 g/mol. The first kappa shape index (κ1) is 12.4. The lowest BCUT2D eigenvalue weighted by Crippen LogP contribution is -2.37. The Morgan fingerprint density at radius 1 is 1.46 bits per heavy atom. The monoisotopic (exact) mass is 186 g/mol. The average molecular weight is 186 g/mol. The van der Waals surface area contributed by atoms with Gasteiger partial charge in [0.2, 0.25) is 5.91 Å². The zero-order valence-electron chi connectivity index (χ0n) is 9.21. The lowest BCUT2D eigenvalue weighted by atomic mass is 10.1. The van der Waals surface area contributed by atoms with Crippen molar-refractivity contribution in [3.8, 4) is 0 Å². The molecule has 0 spiro atoms. The third kappa shape index (κ3) is 4.88. The summed E-state index contributed by atoms with van der Waals surface area (Å²) in [6.07, 6.45) is 2.44. The van der Waals surface area contributed by atoms with Crippen molar-refractivity contribution in [3.05, 3.63) is 0 Å². The molecule has 0 aromatic rings. The van der Waals surface area contributed by atoms with Gasteiger partial charge in [0.25, 0.3) is 0 Å². The molecule has 0 aromatic carbocycles. The number of amides is 1. The molecule has 0 saturated carbocycles. The summed E-state index contributed by atoms with van der Waals surface area (Å²) >= 11 is 0. The molecule has 0 fully saturated rings. The summed E-state index contributed by atoms with van der Waals surface area (Å²) in [4.78, 5) is 13.3. The SMILES string of the molecule is CCCC(N)CC(=O)N(C)C(C)C. The van der Waals surface area contributed by atoms with Gasteiger partial charge in [0.05, 0.1) is 0 Å². The Kier molecular flexibility index (Phi) is 5.71. The fourth-order valence-corrected chi connectivity index (χ4v) is 1.13. The molecule has 2 N–H and O–H groups in total. The molecular formula is C10H22N2O. The van der Waals surface area contributed by atoms with Crippen molar-refractivity contribution >= 4 is 5.91 Å². The normalized spacial score (nSPS) is 13.1. The lowest BCUT2D eigenvalue weighted by Gasteiger charge is -2.23. The van der Waals surface area contributed by atoms with Crippen LogP contribution in [0.25, 0.3) is 0 Å². The Hall–Kier alpha value is -0.570. The van der Waals surface area contributed by atoms with E-state index in [4.69, 9.17) is 5.73 Å². The number of carbonyl (C=O) groups excluding carboxylic acids is 1. The largest absolute Gasteiger partial charge is 0.343 e. The standard InChI is InChI=1S/C10H22N2O/c1-5-6-9(11)7-10(13)12(4)8(2)3/h8-9H,5-7,11H2,1-4H3. The van der Waals surface area contributed by atoms with E-state index in [1.54, 1.807) is 4.90 Å². The number of carbonyl (C=O) groups is 1. The molecule has 0 bridgehead atoms. The van der Waals surface area contributed by atoms with Gasteiger partial charge in [-0.15, -0.1) is 0 Å². The van der Waals surface area contributed by atoms with Gasteiger partial charge < -0.3 is 10.6 Å². The number of hydrogen-bond donors (Lipinski definition) is 1. The van der Waals surface area contributed by atoms with Gasteiger partial charge in [0.15, 0.2) is 0 Å². The Bertz CT molecular complexity index is 157. The molecule has 0 aromatic heterocycles. The smallest absolute Gasteiger partial charge is 0.224 e. The van der Waals surface area contributed by atoms with Crippen molar-refractivity contribution in [2.45, 2.75) is 52.1 Å². The van der Waals surface area contributed by atoms with E-state index in [0.717, 1.165) is 12.8 Å². The van der Waals surface area contributed by atoms with E-state index in [0.29, 0.717) is 6.42 Å². The molecule has 0 aliphatic rings. The maximum Gasteiger partial charge on any atom is 0.224 e. The van der Waals surface area contributed by atoms with Crippen LogP contribution >= 0.6 is 0 Å². The van der Waals surface area contributed by atoms with Gasteiger partial charge in [-0.1, -0.05) is 13.3 Å². The van der Waals surface area contributed by atoms with E-state index in [-0.39, 0.29) is 18.0 Å². The van der Waals surface area contributed by atoms with Crippen molar-refractivity contribution in [1.82, 2.24) is 4.90 Å². The van der Waals surface area contributed by atoms with Crippen molar-refractivity contribution < 1.29 is 4.79 Å². The van der Waals surface area contributed by atoms with E-state index >= 15 is 0 Å². The van der Waals surface area contributed by atoms with Crippen LogP contribution < -0.4 is 5.73 Å². The van der Waals surface area contributed by atoms with Gasteiger partial charge >= 0.3 is 0 Å². The second-order valence-electron chi connectivity index (χ2n) is 3.85. The second-order valence-corrected chi connectivity index (χ2v) is 3.85. The van der Waals surface area contributed by atoms with Crippen LogP contribution in [-0.4, -0.2) is 29.9 Å². The molecule has 3 nitrogen and oxygen atoms in total. The highest BCUT2D eigenvalue weighted by atomic mass is 16.2. The second kappa shape index (κ2) is 5.97. The Labute approximate surface area is 81.3 Å². The minimum absolute atomic E-state index is 0.0266. The van der Waals surface area contributed by atoms with Gasteiger partial charge in [-0.25, -0.2) is 0 Å². The number of nitrogens with zero attached hydrogens (tertiary/aromatic N) is 1. The highest BCUT2D eigenvalue weighted by molar-refractivity contribution is 5.76. The third-order valence-electron chi connectivity index (χ3n) is 2.26. The number of hydrogen-bond acceptors (Lipinski definition) is 2. The molecule has 13 heavy (non-hydrogen) atoms. The van der Waals surface area contributed by atoms with Crippen LogP contribution in [0.5, 0.6) is 0 Å². The quantitative estimate of drug-likeness (QED) is 0.705. The molecule has 0 heterocycles. The minimum atomic E-state index is 0.0266. The summed E-state index contributed by atoms with van der Waals surface area (Å²) in [6, 6.07) is 0.292. The van der Waals surface area contributed by atoms with Gasteiger partial charge in [-0.2, -0.15) is 0 Å². The topological polar surface area (TPSA) is 46.3 Å². The summed E-state index contributed by atoms with van der Waals surface area (Å²) < 4.78 is 0. The summed E-state index contributed by atoms with van der Waals surface area (Å²) in [5, 5.41) is 0. The fraction of sp³-hybridized carbons (Fsp3) is 0.900. The van der Waals surface area contributed by atoms with E-state index in [1.165, 1.54) is 0 Å². The number of nitrogens with two attached hydrogens (primary N) is 1. The van der Waals surface area contributed by atoms with Crippen molar-refractivity contribution in [3.63, 3.8) is 0 Å². The number of rotatable bonds is 5. The van der Waals surface area contributed by atoms with Crippen LogP contribution in [0.3, 0.4) is 0 Å². The maximum absolute atomic E-state index is 11.5. The zero-order chi connectivity index (χ0) is 10.4. The molecule has 1 amide bonds. The van der Waals surface area contributed by atoms with Crippen molar-refractivity contribution in [1.29, 1.82) is 0 Å². The molecule has 0 rings (SSSR count). The molecule has 1 unspecified atom stereocenters. The Balaban J connectivity index is 3.85. The van der Waals surface area contributed by atoms with E-state index < -0.39 is 0 Å². The Morgan fingerprint density at radius 2 is 2.00 bits per heavy atom. The van der Waals surface area contributed by atoms with Crippen LogP contribution in [0.2, 0.25) is 0 Å². The van der Waals surface area contributed by atoms with Gasteiger partial charge in [0, 0.05) is 25.6 Å². The molecule has 78 valence electrons. The highest BCUT2D eigenvalue weighted by Crippen LogP contribution is 2.03. The van der Waals surface area contributed by atoms with Crippen LogP contribution in [-0.2, 0) is 4.79 Å². The van der Waals surface area contributed by atoms with E-state index in [9.17, 15) is 4.79 Å². The first-order chi connectivity index (χ1) is 5.99. The fourth-order valence-electron chi connectivity index (χ4n) is 1.13. The van der Waals surface area contributed by atoms with Crippen LogP contribution in [0, 0.1) is 0 Å². The lowest BCUT2D eigenvalue weighted by molar-refractivity contribution is -0.131. The zero-order valence-corrected chi connectivity index (χ0v) is 9.21. The summed E-state index contributed by atoms with van der Waals surface area (Å²) in [5.41, 5.74) is 5.78. The summed E-state index contributed by atoms with van der Waals surface area (Å²) in [7, 11) is 1.83.